The molecule has 104 valence electrons. The first-order valence-electron chi connectivity index (χ1n) is 5.52. The monoisotopic (exact) mass is 293 g/mol. The summed E-state index contributed by atoms with van der Waals surface area (Å²) in [6, 6.07) is 4.00. The van der Waals surface area contributed by atoms with Gasteiger partial charge in [-0.15, -0.1) is 11.3 Å². The number of rotatable bonds is 5. The van der Waals surface area contributed by atoms with Crippen molar-refractivity contribution >= 4 is 28.6 Å². The quantitative estimate of drug-likeness (QED) is 0.433. The van der Waals surface area contributed by atoms with Gasteiger partial charge in [0.05, 0.1) is 17.0 Å². The number of aromatic nitrogens is 1. The zero-order valence-corrected chi connectivity index (χ0v) is 11.0. The standard InChI is InChI=1S/C11H11N5O3S/c12-15-7-1-2-10(16(18)19)9(3-7)11(17)14-5-8-4-13-6-20-8/h1-4,6,15H,5,12H2,(H,14,17). The average Bonchev–Trinajstić information content (AvgIpc) is 2.97. The summed E-state index contributed by atoms with van der Waals surface area (Å²) < 4.78 is 0. The number of nitro benzene ring substituents is 1. The van der Waals surface area contributed by atoms with Crippen molar-refractivity contribution < 1.29 is 9.72 Å². The molecule has 0 unspecified atom stereocenters. The molecule has 1 heterocycles. The number of nitrogens with two attached hydrogens (primary N) is 1. The molecule has 0 aliphatic carbocycles. The lowest BCUT2D eigenvalue weighted by atomic mass is 10.1. The predicted octanol–water partition coefficient (Wildman–Crippen LogP) is 1.27. The van der Waals surface area contributed by atoms with Crippen LogP contribution in [0.15, 0.2) is 29.9 Å². The van der Waals surface area contributed by atoms with E-state index in [4.69, 9.17) is 5.84 Å². The van der Waals surface area contributed by atoms with Gasteiger partial charge in [-0.25, -0.2) is 0 Å². The lowest BCUT2D eigenvalue weighted by molar-refractivity contribution is -0.385. The van der Waals surface area contributed by atoms with Gasteiger partial charge in [-0.3, -0.25) is 25.7 Å². The molecule has 0 aliphatic heterocycles. The topological polar surface area (TPSA) is 123 Å². The summed E-state index contributed by atoms with van der Waals surface area (Å²) in [6.45, 7) is 0.265. The molecular weight excluding hydrogens is 282 g/mol. The summed E-state index contributed by atoms with van der Waals surface area (Å²) in [7, 11) is 0. The smallest absolute Gasteiger partial charge is 0.282 e. The number of nitro groups is 1. The van der Waals surface area contributed by atoms with Crippen LogP contribution in [0.25, 0.3) is 0 Å². The third-order valence-corrected chi connectivity index (χ3v) is 3.29. The SMILES string of the molecule is NNc1ccc([N+](=O)[O-])c(C(=O)NCc2cncs2)c1. The molecular formula is C11H11N5O3S. The Morgan fingerprint density at radius 3 is 2.90 bits per heavy atom. The lowest BCUT2D eigenvalue weighted by Gasteiger charge is -2.06. The molecule has 0 spiro atoms. The Hall–Kier alpha value is -2.52. The van der Waals surface area contributed by atoms with Crippen molar-refractivity contribution in [1.82, 2.24) is 10.3 Å². The highest BCUT2D eigenvalue weighted by Gasteiger charge is 2.20. The third-order valence-electron chi connectivity index (χ3n) is 2.51. The Labute approximate surface area is 117 Å². The van der Waals surface area contributed by atoms with E-state index < -0.39 is 10.8 Å². The van der Waals surface area contributed by atoms with Crippen LogP contribution < -0.4 is 16.6 Å². The van der Waals surface area contributed by atoms with E-state index in [0.717, 1.165) is 4.88 Å². The zero-order chi connectivity index (χ0) is 14.5. The lowest BCUT2D eigenvalue weighted by Crippen LogP contribution is -2.23. The number of carbonyl (C=O) groups is 1. The van der Waals surface area contributed by atoms with Gasteiger partial charge in [-0.1, -0.05) is 0 Å². The first-order valence-corrected chi connectivity index (χ1v) is 6.40. The number of amides is 1. The molecule has 0 bridgehead atoms. The maximum Gasteiger partial charge on any atom is 0.282 e. The Morgan fingerprint density at radius 1 is 1.50 bits per heavy atom. The second-order valence-corrected chi connectivity index (χ2v) is 4.75. The van der Waals surface area contributed by atoms with Gasteiger partial charge in [0.25, 0.3) is 11.6 Å². The van der Waals surface area contributed by atoms with Crippen molar-refractivity contribution in [1.29, 1.82) is 0 Å². The number of carbonyl (C=O) groups excluding carboxylic acids is 1. The van der Waals surface area contributed by atoms with Crippen LogP contribution in [0.5, 0.6) is 0 Å². The van der Waals surface area contributed by atoms with Crippen LogP contribution in [0, 0.1) is 10.1 Å². The molecule has 1 aromatic heterocycles. The summed E-state index contributed by atoms with van der Waals surface area (Å²) in [5.41, 5.74) is 4.09. The molecule has 2 aromatic rings. The van der Waals surface area contributed by atoms with Gasteiger partial charge in [0.15, 0.2) is 0 Å². The highest BCUT2D eigenvalue weighted by Crippen LogP contribution is 2.22. The second kappa shape index (κ2) is 6.08. The van der Waals surface area contributed by atoms with E-state index in [-0.39, 0.29) is 17.8 Å². The highest BCUT2D eigenvalue weighted by atomic mass is 32.1. The molecule has 9 heteroatoms. The van der Waals surface area contributed by atoms with E-state index in [1.807, 2.05) is 0 Å². The number of thiazole rings is 1. The largest absolute Gasteiger partial charge is 0.347 e. The van der Waals surface area contributed by atoms with Gasteiger partial charge in [-0.05, 0) is 12.1 Å². The fourth-order valence-electron chi connectivity index (χ4n) is 1.56. The Morgan fingerprint density at radius 2 is 2.30 bits per heavy atom. The van der Waals surface area contributed by atoms with Crippen LogP contribution >= 0.6 is 11.3 Å². The van der Waals surface area contributed by atoms with Gasteiger partial charge < -0.3 is 10.7 Å². The van der Waals surface area contributed by atoms with Crippen LogP contribution in [-0.2, 0) is 6.54 Å². The second-order valence-electron chi connectivity index (χ2n) is 3.78. The van der Waals surface area contributed by atoms with E-state index in [1.54, 1.807) is 11.7 Å². The van der Waals surface area contributed by atoms with E-state index in [9.17, 15) is 14.9 Å². The summed E-state index contributed by atoms with van der Waals surface area (Å²) in [5.74, 6) is 4.70. The Balaban J connectivity index is 2.20. The van der Waals surface area contributed by atoms with Crippen molar-refractivity contribution in [2.45, 2.75) is 6.54 Å². The van der Waals surface area contributed by atoms with Crippen molar-refractivity contribution in [3.63, 3.8) is 0 Å². The van der Waals surface area contributed by atoms with Crippen LogP contribution in [0.2, 0.25) is 0 Å². The van der Waals surface area contributed by atoms with Crippen LogP contribution in [0.3, 0.4) is 0 Å². The first kappa shape index (κ1) is 13.9. The number of hydrazine groups is 1. The van der Waals surface area contributed by atoms with E-state index in [2.05, 4.69) is 15.7 Å². The minimum absolute atomic E-state index is 0.0463. The fraction of sp³-hybridized carbons (Fsp3) is 0.0909. The maximum atomic E-state index is 12.0. The number of nitrogen functional groups attached to an aromatic ring is 1. The molecule has 0 fully saturated rings. The summed E-state index contributed by atoms with van der Waals surface area (Å²) >= 11 is 1.39. The number of benzene rings is 1. The molecule has 4 N–H and O–H groups in total. The minimum Gasteiger partial charge on any atom is -0.347 e. The predicted molar refractivity (Wildman–Crippen MR) is 74.2 cm³/mol. The van der Waals surface area contributed by atoms with Crippen molar-refractivity contribution in [3.8, 4) is 0 Å². The average molecular weight is 293 g/mol. The van der Waals surface area contributed by atoms with Gasteiger partial charge in [0.2, 0.25) is 0 Å². The number of hydrogen-bond donors (Lipinski definition) is 3. The highest BCUT2D eigenvalue weighted by molar-refractivity contribution is 7.09. The van der Waals surface area contributed by atoms with Crippen molar-refractivity contribution in [2.75, 3.05) is 5.43 Å². The molecule has 0 atom stereocenters. The van der Waals surface area contributed by atoms with Crippen molar-refractivity contribution in [3.05, 3.63) is 50.5 Å². The van der Waals surface area contributed by atoms with Gasteiger partial charge >= 0.3 is 0 Å². The van der Waals surface area contributed by atoms with E-state index >= 15 is 0 Å². The summed E-state index contributed by atoms with van der Waals surface area (Å²) in [4.78, 5) is 27.1. The molecule has 0 aliphatic rings. The van der Waals surface area contributed by atoms with Gasteiger partial charge in [0.1, 0.15) is 5.56 Å². The first-order chi connectivity index (χ1) is 9.61. The van der Waals surface area contributed by atoms with Crippen LogP contribution in [0.4, 0.5) is 11.4 Å². The summed E-state index contributed by atoms with van der Waals surface area (Å²) in [6.07, 6.45) is 1.62. The molecule has 0 saturated carbocycles. The fourth-order valence-corrected chi connectivity index (χ4v) is 2.09. The van der Waals surface area contributed by atoms with Crippen molar-refractivity contribution in [2.24, 2.45) is 5.84 Å². The summed E-state index contributed by atoms with van der Waals surface area (Å²) in [5, 5.41) is 13.5. The normalized spacial score (nSPS) is 10.1. The van der Waals surface area contributed by atoms with Crippen LogP contribution in [0.1, 0.15) is 15.2 Å². The molecule has 1 amide bonds. The van der Waals surface area contributed by atoms with Gasteiger partial charge in [0, 0.05) is 22.8 Å². The number of hydrogen-bond acceptors (Lipinski definition) is 7. The molecule has 8 nitrogen and oxygen atoms in total. The van der Waals surface area contributed by atoms with Gasteiger partial charge in [-0.2, -0.15) is 0 Å². The zero-order valence-electron chi connectivity index (χ0n) is 10.2. The van der Waals surface area contributed by atoms with Crippen LogP contribution in [-0.4, -0.2) is 15.8 Å². The Kier molecular flexibility index (Phi) is 4.23. The number of nitrogens with zero attached hydrogens (tertiary/aromatic N) is 2. The maximum absolute atomic E-state index is 12.0. The molecule has 20 heavy (non-hydrogen) atoms. The molecule has 0 radical (unpaired) electrons. The number of nitrogens with one attached hydrogen (secondary N) is 2. The number of anilines is 1. The third kappa shape index (κ3) is 3.08. The van der Waals surface area contributed by atoms with E-state index in [1.165, 1.54) is 29.5 Å². The molecule has 0 saturated heterocycles. The molecule has 1 aromatic carbocycles. The minimum atomic E-state index is -0.609. The van der Waals surface area contributed by atoms with E-state index in [0.29, 0.717) is 5.69 Å². The molecule has 2 rings (SSSR count). The Bertz CT molecular complexity index is 629.